The number of hydrogen-bond acceptors (Lipinski definition) is 2. The number of amides is 1. The first-order valence-electron chi connectivity index (χ1n) is 8.56. The summed E-state index contributed by atoms with van der Waals surface area (Å²) in [5.74, 6) is 1.01. The van der Waals surface area contributed by atoms with Gasteiger partial charge in [-0.3, -0.25) is 4.79 Å². The SMILES string of the molecule is CCC(Oc1ccc(C)cc1C)C(=O)Nc1ccccc1C(C)C. The first kappa shape index (κ1) is 18.1. The number of anilines is 1. The zero-order chi connectivity index (χ0) is 17.7. The molecule has 2 aromatic rings. The molecule has 1 N–H and O–H groups in total. The normalized spacial score (nSPS) is 12.1. The Bertz CT molecular complexity index is 707. The van der Waals surface area contributed by atoms with Gasteiger partial charge in [0.15, 0.2) is 6.10 Å². The Labute approximate surface area is 145 Å². The summed E-state index contributed by atoms with van der Waals surface area (Å²) >= 11 is 0. The molecule has 0 saturated carbocycles. The van der Waals surface area contributed by atoms with Crippen molar-refractivity contribution < 1.29 is 9.53 Å². The fourth-order valence-electron chi connectivity index (χ4n) is 2.73. The van der Waals surface area contributed by atoms with E-state index in [0.717, 1.165) is 22.6 Å². The Morgan fingerprint density at radius 1 is 1.12 bits per heavy atom. The van der Waals surface area contributed by atoms with Crippen LogP contribution in [0.1, 0.15) is 49.8 Å². The van der Waals surface area contributed by atoms with Crippen LogP contribution in [0.5, 0.6) is 5.75 Å². The van der Waals surface area contributed by atoms with E-state index in [4.69, 9.17) is 4.74 Å². The van der Waals surface area contributed by atoms with Crippen molar-refractivity contribution in [2.45, 2.75) is 53.1 Å². The average Bonchev–Trinajstić information content (AvgIpc) is 2.54. The summed E-state index contributed by atoms with van der Waals surface area (Å²) in [6, 6.07) is 13.9. The minimum atomic E-state index is -0.508. The van der Waals surface area contributed by atoms with Crippen LogP contribution in [-0.4, -0.2) is 12.0 Å². The van der Waals surface area contributed by atoms with Crippen molar-refractivity contribution in [1.29, 1.82) is 0 Å². The third-order valence-electron chi connectivity index (χ3n) is 4.10. The van der Waals surface area contributed by atoms with Crippen LogP contribution in [0, 0.1) is 13.8 Å². The smallest absolute Gasteiger partial charge is 0.265 e. The van der Waals surface area contributed by atoms with Crippen molar-refractivity contribution in [3.63, 3.8) is 0 Å². The molecule has 3 nitrogen and oxygen atoms in total. The van der Waals surface area contributed by atoms with Crippen molar-refractivity contribution in [3.8, 4) is 5.75 Å². The summed E-state index contributed by atoms with van der Waals surface area (Å²) in [5, 5.41) is 3.03. The van der Waals surface area contributed by atoms with E-state index in [2.05, 4.69) is 25.2 Å². The van der Waals surface area contributed by atoms with E-state index in [9.17, 15) is 4.79 Å². The van der Waals surface area contributed by atoms with Gasteiger partial charge in [0.2, 0.25) is 0 Å². The van der Waals surface area contributed by atoms with Crippen molar-refractivity contribution in [3.05, 3.63) is 59.2 Å². The maximum absolute atomic E-state index is 12.7. The number of aryl methyl sites for hydroxylation is 2. The molecular weight excluding hydrogens is 298 g/mol. The maximum atomic E-state index is 12.7. The summed E-state index contributed by atoms with van der Waals surface area (Å²) in [6.07, 6.45) is 0.106. The zero-order valence-corrected chi connectivity index (χ0v) is 15.2. The van der Waals surface area contributed by atoms with Crippen LogP contribution < -0.4 is 10.1 Å². The van der Waals surface area contributed by atoms with E-state index >= 15 is 0 Å². The molecule has 0 aliphatic rings. The average molecular weight is 325 g/mol. The van der Waals surface area contributed by atoms with Gasteiger partial charge in [0, 0.05) is 5.69 Å². The molecule has 2 rings (SSSR count). The molecule has 0 bridgehead atoms. The highest BCUT2D eigenvalue weighted by Crippen LogP contribution is 2.25. The molecule has 0 saturated heterocycles. The molecule has 0 aliphatic carbocycles. The number of ether oxygens (including phenoxy) is 1. The minimum absolute atomic E-state index is 0.106. The van der Waals surface area contributed by atoms with Crippen molar-refractivity contribution >= 4 is 11.6 Å². The van der Waals surface area contributed by atoms with Gasteiger partial charge in [0.1, 0.15) is 5.75 Å². The highest BCUT2D eigenvalue weighted by molar-refractivity contribution is 5.95. The molecule has 0 radical (unpaired) electrons. The van der Waals surface area contributed by atoms with E-state index < -0.39 is 6.10 Å². The van der Waals surface area contributed by atoms with Gasteiger partial charge in [-0.2, -0.15) is 0 Å². The van der Waals surface area contributed by atoms with Crippen LogP contribution >= 0.6 is 0 Å². The lowest BCUT2D eigenvalue weighted by atomic mass is 10.0. The molecule has 0 heterocycles. The second kappa shape index (κ2) is 8.00. The van der Waals surface area contributed by atoms with Gasteiger partial charge < -0.3 is 10.1 Å². The van der Waals surface area contributed by atoms with E-state index in [0.29, 0.717) is 12.3 Å². The second-order valence-electron chi connectivity index (χ2n) is 6.51. The number of benzene rings is 2. The molecule has 1 atom stereocenters. The predicted octanol–water partition coefficient (Wildman–Crippen LogP) is 5.22. The van der Waals surface area contributed by atoms with Crippen LogP contribution in [0.25, 0.3) is 0 Å². The largest absolute Gasteiger partial charge is 0.480 e. The molecule has 128 valence electrons. The van der Waals surface area contributed by atoms with E-state index in [1.807, 2.05) is 57.2 Å². The Hall–Kier alpha value is -2.29. The number of nitrogens with one attached hydrogen (secondary N) is 1. The van der Waals surface area contributed by atoms with Gasteiger partial charge in [-0.25, -0.2) is 0 Å². The van der Waals surface area contributed by atoms with Crippen LogP contribution in [0.2, 0.25) is 0 Å². The second-order valence-corrected chi connectivity index (χ2v) is 6.51. The summed E-state index contributed by atoms with van der Waals surface area (Å²) < 4.78 is 5.97. The van der Waals surface area contributed by atoms with Gasteiger partial charge in [0.05, 0.1) is 0 Å². The van der Waals surface area contributed by atoms with Crippen molar-refractivity contribution in [2.75, 3.05) is 5.32 Å². The molecule has 1 amide bonds. The van der Waals surface area contributed by atoms with Gasteiger partial charge in [-0.15, -0.1) is 0 Å². The quantitative estimate of drug-likeness (QED) is 0.790. The standard InChI is InChI=1S/C21H27NO2/c1-6-19(24-20-12-11-15(4)13-16(20)5)21(23)22-18-10-8-7-9-17(18)14(2)3/h7-14,19H,6H2,1-5H3,(H,22,23). The fourth-order valence-corrected chi connectivity index (χ4v) is 2.73. The zero-order valence-electron chi connectivity index (χ0n) is 15.2. The minimum Gasteiger partial charge on any atom is -0.480 e. The Balaban J connectivity index is 2.15. The Morgan fingerprint density at radius 3 is 2.46 bits per heavy atom. The lowest BCUT2D eigenvalue weighted by Crippen LogP contribution is -2.33. The molecule has 0 spiro atoms. The van der Waals surface area contributed by atoms with Crippen LogP contribution in [0.15, 0.2) is 42.5 Å². The molecular formula is C21H27NO2. The van der Waals surface area contributed by atoms with E-state index in [1.165, 1.54) is 5.56 Å². The summed E-state index contributed by atoms with van der Waals surface area (Å²) in [4.78, 5) is 12.7. The van der Waals surface area contributed by atoms with Crippen LogP contribution in [0.4, 0.5) is 5.69 Å². The van der Waals surface area contributed by atoms with Crippen molar-refractivity contribution in [2.24, 2.45) is 0 Å². The van der Waals surface area contributed by atoms with Gasteiger partial charge in [-0.05, 0) is 49.4 Å². The number of rotatable bonds is 6. The van der Waals surface area contributed by atoms with Gasteiger partial charge >= 0.3 is 0 Å². The Morgan fingerprint density at radius 2 is 1.83 bits per heavy atom. The number of hydrogen-bond donors (Lipinski definition) is 1. The maximum Gasteiger partial charge on any atom is 0.265 e. The topological polar surface area (TPSA) is 38.3 Å². The molecule has 0 aliphatic heterocycles. The summed E-state index contributed by atoms with van der Waals surface area (Å²) in [7, 11) is 0. The first-order chi connectivity index (χ1) is 11.4. The monoisotopic (exact) mass is 325 g/mol. The lowest BCUT2D eigenvalue weighted by Gasteiger charge is -2.20. The molecule has 24 heavy (non-hydrogen) atoms. The lowest BCUT2D eigenvalue weighted by molar-refractivity contribution is -0.122. The fraction of sp³-hybridized carbons (Fsp3) is 0.381. The van der Waals surface area contributed by atoms with Gasteiger partial charge in [-0.1, -0.05) is 56.7 Å². The molecule has 1 unspecified atom stereocenters. The number of carbonyl (C=O) groups excluding carboxylic acids is 1. The first-order valence-corrected chi connectivity index (χ1v) is 8.56. The van der Waals surface area contributed by atoms with Crippen LogP contribution in [-0.2, 0) is 4.79 Å². The summed E-state index contributed by atoms with van der Waals surface area (Å²) in [6.45, 7) is 10.2. The Kier molecular flexibility index (Phi) is 6.02. The highest BCUT2D eigenvalue weighted by atomic mass is 16.5. The van der Waals surface area contributed by atoms with Crippen LogP contribution in [0.3, 0.4) is 0 Å². The van der Waals surface area contributed by atoms with Gasteiger partial charge in [0.25, 0.3) is 5.91 Å². The predicted molar refractivity (Wildman–Crippen MR) is 99.8 cm³/mol. The molecule has 0 fully saturated rings. The third kappa shape index (κ3) is 4.38. The third-order valence-corrected chi connectivity index (χ3v) is 4.10. The number of carbonyl (C=O) groups is 1. The highest BCUT2D eigenvalue weighted by Gasteiger charge is 2.20. The van der Waals surface area contributed by atoms with E-state index in [1.54, 1.807) is 0 Å². The molecule has 3 heteroatoms. The van der Waals surface area contributed by atoms with Crippen molar-refractivity contribution in [1.82, 2.24) is 0 Å². The number of para-hydroxylation sites is 1. The van der Waals surface area contributed by atoms with E-state index in [-0.39, 0.29) is 5.91 Å². The molecule has 0 aromatic heterocycles. The molecule has 2 aromatic carbocycles. The summed E-state index contributed by atoms with van der Waals surface area (Å²) in [5.41, 5.74) is 4.22.